The second-order valence-electron chi connectivity index (χ2n) is 7.05. The van der Waals surface area contributed by atoms with Gasteiger partial charge in [-0.15, -0.1) is 0 Å². The number of H-pyrrole nitrogens is 1. The number of carbonyl (C=O) groups excluding carboxylic acids is 1. The van der Waals surface area contributed by atoms with Crippen LogP contribution in [0.5, 0.6) is 0 Å². The highest BCUT2D eigenvalue weighted by atomic mass is 35.5. The van der Waals surface area contributed by atoms with E-state index in [1.165, 1.54) is 11.7 Å². The maximum absolute atomic E-state index is 13.4. The van der Waals surface area contributed by atoms with E-state index in [0.717, 1.165) is 17.3 Å². The topological polar surface area (TPSA) is 84.1 Å². The fraction of sp³-hybridized carbons (Fsp3) is 0.263. The highest BCUT2D eigenvalue weighted by Crippen LogP contribution is 2.35. The van der Waals surface area contributed by atoms with Crippen molar-refractivity contribution in [2.24, 2.45) is 7.05 Å². The number of alkyl halides is 2. The maximum Gasteiger partial charge on any atom is 0.282 e. The third kappa shape index (κ3) is 2.86. The summed E-state index contributed by atoms with van der Waals surface area (Å²) in [6, 6.07) is 7.77. The first-order chi connectivity index (χ1) is 14.4. The Balaban J connectivity index is 1.62. The molecule has 5 heterocycles. The molecule has 1 aliphatic rings. The average Bonchev–Trinajstić information content (AvgIpc) is 3.44. The van der Waals surface area contributed by atoms with Crippen LogP contribution in [0.4, 0.5) is 8.78 Å². The minimum Gasteiger partial charge on any atom is -0.348 e. The second-order valence-corrected chi connectivity index (χ2v) is 7.44. The molecule has 0 aliphatic carbocycles. The van der Waals surface area contributed by atoms with Crippen LogP contribution in [0.15, 0.2) is 36.7 Å². The summed E-state index contributed by atoms with van der Waals surface area (Å²) in [5.41, 5.74) is 2.58. The van der Waals surface area contributed by atoms with Crippen LogP contribution in [0.25, 0.3) is 5.52 Å². The number of aryl methyl sites for hydroxylation is 1. The summed E-state index contributed by atoms with van der Waals surface area (Å²) in [4.78, 5) is 22.5. The molecule has 0 fully saturated rings. The second kappa shape index (κ2) is 6.91. The van der Waals surface area contributed by atoms with Gasteiger partial charge in [-0.25, -0.2) is 18.3 Å². The van der Waals surface area contributed by atoms with E-state index in [1.54, 1.807) is 21.8 Å². The molecular weight excluding hydrogens is 416 g/mol. The lowest BCUT2D eigenvalue weighted by Crippen LogP contribution is -2.41. The lowest BCUT2D eigenvalue weighted by atomic mass is 9.99. The van der Waals surface area contributed by atoms with Crippen molar-refractivity contribution in [3.63, 3.8) is 0 Å². The van der Waals surface area contributed by atoms with Crippen LogP contribution in [-0.4, -0.2) is 46.7 Å². The number of aromatic amines is 1. The van der Waals surface area contributed by atoms with Crippen molar-refractivity contribution in [2.75, 3.05) is 6.54 Å². The van der Waals surface area contributed by atoms with Crippen molar-refractivity contribution in [3.05, 3.63) is 70.3 Å². The number of hydrogen-bond acceptors (Lipinski definition) is 4. The Morgan fingerprint density at radius 3 is 2.87 bits per heavy atom. The Labute approximate surface area is 174 Å². The zero-order valence-corrected chi connectivity index (χ0v) is 16.5. The van der Waals surface area contributed by atoms with Crippen LogP contribution in [0.1, 0.15) is 45.7 Å². The van der Waals surface area contributed by atoms with Gasteiger partial charge in [0, 0.05) is 25.7 Å². The number of nitrogens with one attached hydrogen (secondary N) is 1. The molecule has 8 nitrogen and oxygen atoms in total. The van der Waals surface area contributed by atoms with E-state index in [2.05, 4.69) is 20.2 Å². The van der Waals surface area contributed by atoms with Crippen molar-refractivity contribution in [1.29, 1.82) is 0 Å². The van der Waals surface area contributed by atoms with Crippen molar-refractivity contribution in [2.45, 2.75) is 18.9 Å². The van der Waals surface area contributed by atoms with Crippen molar-refractivity contribution >= 4 is 23.0 Å². The fourth-order valence-corrected chi connectivity index (χ4v) is 4.08. The first-order valence-electron chi connectivity index (χ1n) is 9.23. The van der Waals surface area contributed by atoms with Crippen LogP contribution < -0.4 is 0 Å². The number of rotatable bonds is 3. The van der Waals surface area contributed by atoms with Gasteiger partial charge in [0.2, 0.25) is 0 Å². The first-order valence-corrected chi connectivity index (χ1v) is 9.61. The lowest BCUT2D eigenvalue weighted by molar-refractivity contribution is 0.0675. The first kappa shape index (κ1) is 18.7. The minimum absolute atomic E-state index is 0.0797. The smallest absolute Gasteiger partial charge is 0.282 e. The van der Waals surface area contributed by atoms with E-state index in [-0.39, 0.29) is 5.69 Å². The van der Waals surface area contributed by atoms with Gasteiger partial charge in [0.25, 0.3) is 12.3 Å². The number of pyridine rings is 1. The Kier molecular flexibility index (Phi) is 4.31. The van der Waals surface area contributed by atoms with Gasteiger partial charge in [-0.1, -0.05) is 17.7 Å². The summed E-state index contributed by atoms with van der Waals surface area (Å²) < 4.78 is 28.9. The Hall–Kier alpha value is -3.27. The number of fused-ring (bicyclic) bond motifs is 2. The summed E-state index contributed by atoms with van der Waals surface area (Å²) in [6.07, 6.45) is -0.619. The van der Waals surface area contributed by atoms with Crippen molar-refractivity contribution < 1.29 is 13.6 Å². The van der Waals surface area contributed by atoms with E-state index in [0.29, 0.717) is 29.5 Å². The number of carbonyl (C=O) groups is 1. The molecule has 1 atom stereocenters. The van der Waals surface area contributed by atoms with Crippen LogP contribution in [0, 0.1) is 0 Å². The Bertz CT molecular complexity index is 1260. The largest absolute Gasteiger partial charge is 0.348 e. The molecule has 0 aromatic carbocycles. The quantitative estimate of drug-likeness (QED) is 0.505. The van der Waals surface area contributed by atoms with Crippen LogP contribution >= 0.6 is 11.6 Å². The summed E-state index contributed by atoms with van der Waals surface area (Å²) in [5, 5.41) is 8.79. The molecule has 1 N–H and O–H groups in total. The van der Waals surface area contributed by atoms with Gasteiger partial charge in [0.1, 0.15) is 22.6 Å². The molecule has 1 amide bonds. The molecule has 0 spiro atoms. The molecule has 1 aliphatic heterocycles. The fourth-order valence-electron chi connectivity index (χ4n) is 3.87. The van der Waals surface area contributed by atoms with Gasteiger partial charge in [-0.05, 0) is 24.3 Å². The molecule has 5 rings (SSSR count). The molecule has 0 saturated carbocycles. The molecule has 0 radical (unpaired) electrons. The normalized spacial score (nSPS) is 16.4. The molecule has 4 aromatic heterocycles. The number of amides is 1. The molecular formula is C19H16ClF2N7O. The molecule has 0 unspecified atom stereocenters. The van der Waals surface area contributed by atoms with Crippen LogP contribution in [-0.2, 0) is 13.5 Å². The predicted molar refractivity (Wildman–Crippen MR) is 104 cm³/mol. The molecule has 154 valence electrons. The summed E-state index contributed by atoms with van der Waals surface area (Å²) >= 11 is 6.25. The van der Waals surface area contributed by atoms with E-state index in [9.17, 15) is 13.6 Å². The lowest BCUT2D eigenvalue weighted by Gasteiger charge is -2.33. The number of aromatic nitrogens is 6. The van der Waals surface area contributed by atoms with E-state index in [1.807, 2.05) is 18.2 Å². The zero-order valence-electron chi connectivity index (χ0n) is 15.8. The molecule has 0 bridgehead atoms. The average molecular weight is 432 g/mol. The summed E-state index contributed by atoms with van der Waals surface area (Å²) in [7, 11) is 1.47. The van der Waals surface area contributed by atoms with Gasteiger partial charge >= 0.3 is 0 Å². The molecule has 11 heteroatoms. The van der Waals surface area contributed by atoms with Crippen LogP contribution in [0.2, 0.25) is 5.15 Å². The van der Waals surface area contributed by atoms with E-state index < -0.39 is 24.1 Å². The number of nitrogens with zero attached hydrogens (tertiary/aromatic N) is 6. The Morgan fingerprint density at radius 2 is 2.13 bits per heavy atom. The molecule has 4 aromatic rings. The standard InChI is InChI=1S/C19H16ClF2N7O/c1-27-14(8-13(25-27)18(21)22)19(30)28-6-5-11-16(24-9-23-11)17(28)12-7-10-3-2-4-15(20)29(10)26-12/h2-4,7-9,17-18H,5-6H2,1H3,(H,23,24)/t17-/m1/s1. The summed E-state index contributed by atoms with van der Waals surface area (Å²) in [5.74, 6) is -0.418. The van der Waals surface area contributed by atoms with Gasteiger partial charge in [-0.2, -0.15) is 10.2 Å². The number of imidazole rings is 1. The highest BCUT2D eigenvalue weighted by molar-refractivity contribution is 6.29. The van der Waals surface area contributed by atoms with Crippen LogP contribution in [0.3, 0.4) is 0 Å². The van der Waals surface area contributed by atoms with Crippen molar-refractivity contribution in [1.82, 2.24) is 34.3 Å². The monoisotopic (exact) mass is 431 g/mol. The zero-order chi connectivity index (χ0) is 21.0. The highest BCUT2D eigenvalue weighted by Gasteiger charge is 2.37. The molecule has 30 heavy (non-hydrogen) atoms. The van der Waals surface area contributed by atoms with Crippen molar-refractivity contribution in [3.8, 4) is 0 Å². The predicted octanol–water partition coefficient (Wildman–Crippen LogP) is 3.17. The van der Waals surface area contributed by atoms with Gasteiger partial charge in [-0.3, -0.25) is 9.48 Å². The summed E-state index contributed by atoms with van der Waals surface area (Å²) in [6.45, 7) is 0.371. The maximum atomic E-state index is 13.4. The molecule has 0 saturated heterocycles. The third-order valence-electron chi connectivity index (χ3n) is 5.27. The number of halogens is 3. The SMILES string of the molecule is Cn1nc(C(F)F)cc1C(=O)N1CCc2[nH]cnc2[C@H]1c1cc2cccc(Cl)n2n1. The number of hydrogen-bond donors (Lipinski definition) is 1. The van der Waals surface area contributed by atoms with Gasteiger partial charge in [0.05, 0.1) is 23.2 Å². The van der Waals surface area contributed by atoms with Gasteiger partial charge in [0.15, 0.2) is 0 Å². The van der Waals surface area contributed by atoms with E-state index >= 15 is 0 Å². The van der Waals surface area contributed by atoms with Gasteiger partial charge < -0.3 is 9.88 Å². The third-order valence-corrected chi connectivity index (χ3v) is 5.55. The van der Waals surface area contributed by atoms with E-state index in [4.69, 9.17) is 11.6 Å². The minimum atomic E-state index is -2.76. The Morgan fingerprint density at radius 1 is 1.30 bits per heavy atom.